The third-order valence-corrected chi connectivity index (χ3v) is 5.46. The van der Waals surface area contributed by atoms with E-state index in [1.54, 1.807) is 43.3 Å². The van der Waals surface area contributed by atoms with Crippen molar-refractivity contribution in [3.63, 3.8) is 0 Å². The number of carbonyl (C=O) groups excluding carboxylic acids is 2. The van der Waals surface area contributed by atoms with E-state index in [1.165, 1.54) is 35.6 Å². The van der Waals surface area contributed by atoms with Gasteiger partial charge in [-0.1, -0.05) is 35.9 Å². The number of anilines is 1. The van der Waals surface area contributed by atoms with Crippen molar-refractivity contribution < 1.29 is 19.2 Å². The molecule has 3 aromatic rings. The van der Waals surface area contributed by atoms with E-state index in [1.807, 2.05) is 0 Å². The minimum atomic E-state index is -0.598. The molecule has 0 fully saturated rings. The van der Waals surface area contributed by atoms with Crippen LogP contribution in [0, 0.1) is 10.1 Å². The van der Waals surface area contributed by atoms with Crippen LogP contribution in [0.5, 0.6) is 5.75 Å². The topological polar surface area (TPSA) is 123 Å². The van der Waals surface area contributed by atoms with E-state index in [2.05, 4.69) is 15.8 Å². The molecule has 0 bridgehead atoms. The van der Waals surface area contributed by atoms with Crippen molar-refractivity contribution in [1.82, 2.24) is 5.43 Å². The van der Waals surface area contributed by atoms with E-state index in [9.17, 15) is 19.7 Å². The Morgan fingerprint density at radius 1 is 1.12 bits per heavy atom. The maximum atomic E-state index is 12.6. The van der Waals surface area contributed by atoms with Gasteiger partial charge in [-0.2, -0.15) is 5.10 Å². The molecule has 2 aromatic carbocycles. The number of hydrazone groups is 1. The van der Waals surface area contributed by atoms with Gasteiger partial charge in [-0.25, -0.2) is 5.43 Å². The van der Waals surface area contributed by atoms with E-state index >= 15 is 0 Å². The van der Waals surface area contributed by atoms with Gasteiger partial charge in [-0.3, -0.25) is 19.7 Å². The van der Waals surface area contributed by atoms with Crippen LogP contribution < -0.4 is 15.5 Å². The standard InChI is InChI=1S/C21H17ClN4O5S/c1-13(18-10-11-19(22)32-18)24-25-21(28)14-6-2-3-7-15(14)23-20(27)12-31-17-9-5-4-8-16(17)26(29)30/h2-11H,12H2,1H3,(H,23,27)(H,25,28). The fraction of sp³-hybridized carbons (Fsp3) is 0.0952. The van der Waals surface area contributed by atoms with E-state index in [4.69, 9.17) is 16.3 Å². The van der Waals surface area contributed by atoms with Gasteiger partial charge in [0.2, 0.25) is 0 Å². The van der Waals surface area contributed by atoms with Crippen LogP contribution in [0.2, 0.25) is 4.34 Å². The van der Waals surface area contributed by atoms with E-state index < -0.39 is 23.3 Å². The molecule has 164 valence electrons. The van der Waals surface area contributed by atoms with Crippen LogP contribution in [-0.4, -0.2) is 29.1 Å². The fourth-order valence-electron chi connectivity index (χ4n) is 2.61. The maximum absolute atomic E-state index is 12.6. The van der Waals surface area contributed by atoms with Gasteiger partial charge in [0.15, 0.2) is 12.4 Å². The quantitative estimate of drug-likeness (QED) is 0.284. The summed E-state index contributed by atoms with van der Waals surface area (Å²) in [5, 5.41) is 17.7. The van der Waals surface area contributed by atoms with Crippen LogP contribution in [0.4, 0.5) is 11.4 Å². The number of para-hydroxylation sites is 3. The van der Waals surface area contributed by atoms with Gasteiger partial charge in [0, 0.05) is 6.07 Å². The second kappa shape index (κ2) is 10.5. The third kappa shape index (κ3) is 5.90. The zero-order valence-corrected chi connectivity index (χ0v) is 18.3. The van der Waals surface area contributed by atoms with Crippen molar-refractivity contribution >= 4 is 51.8 Å². The molecule has 0 aliphatic rings. The predicted octanol–water partition coefficient (Wildman–Crippen LogP) is 4.48. The van der Waals surface area contributed by atoms with Gasteiger partial charge < -0.3 is 10.1 Å². The van der Waals surface area contributed by atoms with E-state index in [-0.39, 0.29) is 22.7 Å². The molecule has 0 spiro atoms. The van der Waals surface area contributed by atoms with Crippen molar-refractivity contribution in [3.05, 3.63) is 85.6 Å². The highest BCUT2D eigenvalue weighted by Crippen LogP contribution is 2.26. The Balaban J connectivity index is 1.65. The molecular formula is C21H17ClN4O5S. The highest BCUT2D eigenvalue weighted by atomic mass is 35.5. The number of ether oxygens (including phenoxy) is 1. The summed E-state index contributed by atoms with van der Waals surface area (Å²) in [6, 6.07) is 15.6. The van der Waals surface area contributed by atoms with Crippen molar-refractivity contribution in [3.8, 4) is 5.75 Å². The molecule has 2 amide bonds. The average Bonchev–Trinajstić information content (AvgIpc) is 3.22. The number of halogens is 1. The van der Waals surface area contributed by atoms with Crippen LogP contribution in [0.3, 0.4) is 0 Å². The van der Waals surface area contributed by atoms with Gasteiger partial charge in [-0.15, -0.1) is 11.3 Å². The molecule has 1 heterocycles. The lowest BCUT2D eigenvalue weighted by atomic mass is 10.1. The number of amides is 2. The van der Waals surface area contributed by atoms with E-state index in [0.29, 0.717) is 10.0 Å². The van der Waals surface area contributed by atoms with Crippen LogP contribution in [-0.2, 0) is 4.79 Å². The molecular weight excluding hydrogens is 456 g/mol. The monoisotopic (exact) mass is 472 g/mol. The molecule has 9 nitrogen and oxygen atoms in total. The number of carbonyl (C=O) groups is 2. The Bertz CT molecular complexity index is 1190. The number of nitro groups is 1. The smallest absolute Gasteiger partial charge is 0.310 e. The molecule has 0 unspecified atom stereocenters. The molecule has 2 N–H and O–H groups in total. The third-order valence-electron chi connectivity index (χ3n) is 4.12. The molecule has 0 saturated heterocycles. The Morgan fingerprint density at radius 2 is 1.84 bits per heavy atom. The molecule has 0 radical (unpaired) electrons. The summed E-state index contributed by atoms with van der Waals surface area (Å²) in [4.78, 5) is 36.2. The Labute approximate surface area is 191 Å². The van der Waals surface area contributed by atoms with Crippen LogP contribution in [0.15, 0.2) is 65.8 Å². The number of nitrogens with zero attached hydrogens (tertiary/aromatic N) is 2. The highest BCUT2D eigenvalue weighted by Gasteiger charge is 2.17. The molecule has 3 rings (SSSR count). The summed E-state index contributed by atoms with van der Waals surface area (Å²) >= 11 is 7.25. The first kappa shape index (κ1) is 22.9. The Hall–Kier alpha value is -3.76. The van der Waals surface area contributed by atoms with Crippen LogP contribution >= 0.6 is 22.9 Å². The minimum absolute atomic E-state index is 0.0304. The normalized spacial score (nSPS) is 11.0. The number of benzene rings is 2. The molecule has 11 heteroatoms. The van der Waals surface area contributed by atoms with Gasteiger partial charge in [-0.05, 0) is 37.3 Å². The Kier molecular flexibility index (Phi) is 7.53. The maximum Gasteiger partial charge on any atom is 0.310 e. The number of hydrogen-bond donors (Lipinski definition) is 2. The van der Waals surface area contributed by atoms with Gasteiger partial charge in [0.1, 0.15) is 0 Å². The molecule has 1 aromatic heterocycles. The number of rotatable bonds is 8. The van der Waals surface area contributed by atoms with Crippen LogP contribution in [0.1, 0.15) is 22.2 Å². The van der Waals surface area contributed by atoms with Crippen molar-refractivity contribution in [2.24, 2.45) is 5.10 Å². The zero-order chi connectivity index (χ0) is 23.1. The van der Waals surface area contributed by atoms with Crippen LogP contribution in [0.25, 0.3) is 0 Å². The first-order valence-electron chi connectivity index (χ1n) is 9.20. The number of nitro benzene ring substituents is 1. The molecule has 0 aliphatic heterocycles. The van der Waals surface area contributed by atoms with Gasteiger partial charge in [0.05, 0.1) is 31.1 Å². The van der Waals surface area contributed by atoms with Gasteiger partial charge >= 0.3 is 5.69 Å². The first-order valence-corrected chi connectivity index (χ1v) is 10.4. The second-order valence-corrected chi connectivity index (χ2v) is 8.06. The predicted molar refractivity (Wildman–Crippen MR) is 123 cm³/mol. The number of thiophene rings is 1. The number of hydrogen-bond acceptors (Lipinski definition) is 7. The summed E-state index contributed by atoms with van der Waals surface area (Å²) < 4.78 is 5.89. The zero-order valence-electron chi connectivity index (χ0n) is 16.7. The Morgan fingerprint density at radius 3 is 2.56 bits per heavy atom. The van der Waals surface area contributed by atoms with Crippen molar-refractivity contribution in [1.29, 1.82) is 0 Å². The second-order valence-electron chi connectivity index (χ2n) is 6.35. The van der Waals surface area contributed by atoms with Crippen molar-refractivity contribution in [2.75, 3.05) is 11.9 Å². The lowest BCUT2D eigenvalue weighted by Gasteiger charge is -2.11. The average molecular weight is 473 g/mol. The van der Waals surface area contributed by atoms with Gasteiger partial charge in [0.25, 0.3) is 11.8 Å². The first-order chi connectivity index (χ1) is 15.3. The molecule has 0 atom stereocenters. The summed E-state index contributed by atoms with van der Waals surface area (Å²) in [7, 11) is 0. The lowest BCUT2D eigenvalue weighted by molar-refractivity contribution is -0.385. The highest BCUT2D eigenvalue weighted by molar-refractivity contribution is 7.18. The number of nitrogens with one attached hydrogen (secondary N) is 2. The largest absolute Gasteiger partial charge is 0.477 e. The summed E-state index contributed by atoms with van der Waals surface area (Å²) in [6.07, 6.45) is 0. The lowest BCUT2D eigenvalue weighted by Crippen LogP contribution is -2.24. The summed E-state index contributed by atoms with van der Waals surface area (Å²) in [5.74, 6) is -1.14. The summed E-state index contributed by atoms with van der Waals surface area (Å²) in [5.41, 5.74) is 3.21. The minimum Gasteiger partial charge on any atom is -0.477 e. The molecule has 32 heavy (non-hydrogen) atoms. The van der Waals surface area contributed by atoms with Crippen molar-refractivity contribution in [2.45, 2.75) is 6.92 Å². The van der Waals surface area contributed by atoms with E-state index in [0.717, 1.165) is 4.88 Å². The fourth-order valence-corrected chi connectivity index (χ4v) is 3.60. The molecule has 0 aliphatic carbocycles. The SMILES string of the molecule is CC(=NNC(=O)c1ccccc1NC(=O)COc1ccccc1[N+](=O)[O-])c1ccc(Cl)s1. The molecule has 0 saturated carbocycles. The summed E-state index contributed by atoms with van der Waals surface area (Å²) in [6.45, 7) is 1.26.